The van der Waals surface area contributed by atoms with Crippen LogP contribution in [-0.2, 0) is 9.59 Å². The molecule has 0 saturated heterocycles. The molecule has 1 rings (SSSR count). The van der Waals surface area contributed by atoms with Gasteiger partial charge in [0.25, 0.3) is 5.97 Å². The van der Waals surface area contributed by atoms with Gasteiger partial charge in [-0.2, -0.15) is 0 Å². The van der Waals surface area contributed by atoms with E-state index in [1.807, 2.05) is 0 Å². The van der Waals surface area contributed by atoms with Gasteiger partial charge in [0.2, 0.25) is 0 Å². The monoisotopic (exact) mass is 214 g/mol. The summed E-state index contributed by atoms with van der Waals surface area (Å²) in [6, 6.07) is 0. The van der Waals surface area contributed by atoms with E-state index in [9.17, 15) is 4.79 Å². The van der Waals surface area contributed by atoms with Gasteiger partial charge in [-0.3, -0.25) is 9.59 Å². The van der Waals surface area contributed by atoms with Crippen molar-refractivity contribution in [1.82, 2.24) is 0 Å². The summed E-state index contributed by atoms with van der Waals surface area (Å²) in [7, 11) is 0. The number of rotatable bonds is 0. The minimum absolute atomic E-state index is 0.403. The van der Waals surface area contributed by atoms with Crippen molar-refractivity contribution in [2.24, 2.45) is 11.3 Å². The van der Waals surface area contributed by atoms with Crippen LogP contribution in [0.3, 0.4) is 0 Å². The third kappa shape index (κ3) is 7.11. The summed E-state index contributed by atoms with van der Waals surface area (Å²) in [4.78, 5) is 19.9. The van der Waals surface area contributed by atoms with Crippen LogP contribution >= 0.6 is 0 Å². The molecule has 1 aliphatic rings. The second-order valence-corrected chi connectivity index (χ2v) is 5.20. The second kappa shape index (κ2) is 5.89. The number of hydrogen-bond donors (Lipinski definition) is 1. The van der Waals surface area contributed by atoms with E-state index in [0.29, 0.717) is 11.2 Å². The van der Waals surface area contributed by atoms with Crippen LogP contribution in [0.5, 0.6) is 0 Å². The van der Waals surface area contributed by atoms with Crippen LogP contribution in [0.1, 0.15) is 53.4 Å². The Morgan fingerprint density at radius 1 is 1.27 bits per heavy atom. The molecular formula is C12H22O3. The Balaban J connectivity index is 0.000000423. The molecule has 0 aliphatic heterocycles. The molecular weight excluding hydrogens is 192 g/mol. The van der Waals surface area contributed by atoms with Crippen LogP contribution in [0.2, 0.25) is 0 Å². The van der Waals surface area contributed by atoms with Gasteiger partial charge in [0.05, 0.1) is 0 Å². The highest BCUT2D eigenvalue weighted by Crippen LogP contribution is 2.36. The van der Waals surface area contributed by atoms with Crippen LogP contribution in [0.4, 0.5) is 0 Å². The summed E-state index contributed by atoms with van der Waals surface area (Å²) in [5.74, 6) is 0.394. The lowest BCUT2D eigenvalue weighted by atomic mass is 9.72. The molecule has 1 saturated carbocycles. The predicted molar refractivity (Wildman–Crippen MR) is 59.7 cm³/mol. The zero-order valence-electron chi connectivity index (χ0n) is 10.2. The molecule has 0 amide bonds. The van der Waals surface area contributed by atoms with Crippen LogP contribution in [-0.4, -0.2) is 16.9 Å². The molecule has 0 aromatic carbocycles. The molecule has 0 aromatic rings. The Bertz CT molecular complexity index is 212. The number of ketones is 1. The third-order valence-corrected chi connectivity index (χ3v) is 2.77. The lowest BCUT2D eigenvalue weighted by molar-refractivity contribution is -0.134. The van der Waals surface area contributed by atoms with Gasteiger partial charge in [0.15, 0.2) is 0 Å². The molecule has 0 spiro atoms. The molecule has 1 N–H and O–H groups in total. The lowest BCUT2D eigenvalue weighted by Gasteiger charge is -2.33. The van der Waals surface area contributed by atoms with Crippen molar-refractivity contribution in [3.05, 3.63) is 0 Å². The van der Waals surface area contributed by atoms with Crippen molar-refractivity contribution in [2.45, 2.75) is 53.4 Å². The van der Waals surface area contributed by atoms with Gasteiger partial charge in [0, 0.05) is 19.8 Å². The maximum Gasteiger partial charge on any atom is 0.300 e. The number of Topliss-reactive ketones (excluding diaryl/α,β-unsaturated/α-hetero) is 1. The number of hydrogen-bond acceptors (Lipinski definition) is 2. The van der Waals surface area contributed by atoms with Crippen LogP contribution < -0.4 is 0 Å². The van der Waals surface area contributed by atoms with Crippen LogP contribution in [0.15, 0.2) is 0 Å². The molecule has 0 aromatic heterocycles. The predicted octanol–water partition coefficient (Wildman–Crippen LogP) is 2.88. The minimum atomic E-state index is -0.833. The van der Waals surface area contributed by atoms with Gasteiger partial charge in [0.1, 0.15) is 5.78 Å². The standard InChI is InChI=1S/C10H18O.C2H4O2/c1-10(2,3)8-4-6-9(11)7-5-8;1-2(3)4/h8H,4-7H2,1-3H3;1H3,(H,3,4). The van der Waals surface area contributed by atoms with Crippen molar-refractivity contribution in [1.29, 1.82) is 0 Å². The van der Waals surface area contributed by atoms with Crippen molar-refractivity contribution in [3.63, 3.8) is 0 Å². The molecule has 1 fully saturated rings. The maximum atomic E-state index is 10.9. The van der Waals surface area contributed by atoms with Gasteiger partial charge in [-0.05, 0) is 24.2 Å². The molecule has 3 heteroatoms. The highest BCUT2D eigenvalue weighted by molar-refractivity contribution is 5.79. The quantitative estimate of drug-likeness (QED) is 0.674. The highest BCUT2D eigenvalue weighted by Gasteiger charge is 2.28. The van der Waals surface area contributed by atoms with Crippen molar-refractivity contribution < 1.29 is 14.7 Å². The van der Waals surface area contributed by atoms with Gasteiger partial charge in [-0.15, -0.1) is 0 Å². The number of aliphatic carboxylic acids is 1. The molecule has 0 unspecified atom stereocenters. The zero-order chi connectivity index (χ0) is 12.1. The number of carboxylic acid groups (broad SMARTS) is 1. The minimum Gasteiger partial charge on any atom is -0.481 e. The topological polar surface area (TPSA) is 54.4 Å². The normalized spacial score (nSPS) is 18.0. The third-order valence-electron chi connectivity index (χ3n) is 2.77. The first-order valence-electron chi connectivity index (χ1n) is 5.44. The zero-order valence-corrected chi connectivity index (χ0v) is 10.2. The van der Waals surface area contributed by atoms with Crippen molar-refractivity contribution in [3.8, 4) is 0 Å². The van der Waals surface area contributed by atoms with Gasteiger partial charge in [-0.25, -0.2) is 0 Å². The molecule has 1 aliphatic carbocycles. The highest BCUT2D eigenvalue weighted by atomic mass is 16.4. The molecule has 0 radical (unpaired) electrons. The molecule has 0 heterocycles. The fraction of sp³-hybridized carbons (Fsp3) is 0.833. The Morgan fingerprint density at radius 3 is 1.87 bits per heavy atom. The first-order chi connectivity index (χ1) is 6.73. The average Bonchev–Trinajstić information content (AvgIpc) is 2.01. The fourth-order valence-corrected chi connectivity index (χ4v) is 1.81. The fourth-order valence-electron chi connectivity index (χ4n) is 1.81. The SMILES string of the molecule is CC(=O)O.CC(C)(C)C1CCC(=O)CC1. The van der Waals surface area contributed by atoms with E-state index in [4.69, 9.17) is 9.90 Å². The van der Waals surface area contributed by atoms with Crippen molar-refractivity contribution in [2.75, 3.05) is 0 Å². The van der Waals surface area contributed by atoms with E-state index in [-0.39, 0.29) is 0 Å². The van der Waals surface area contributed by atoms with E-state index in [1.165, 1.54) is 0 Å². The van der Waals surface area contributed by atoms with Crippen molar-refractivity contribution >= 4 is 11.8 Å². The van der Waals surface area contributed by atoms with E-state index >= 15 is 0 Å². The number of carbonyl (C=O) groups excluding carboxylic acids is 1. The molecule has 0 atom stereocenters. The number of carboxylic acids is 1. The summed E-state index contributed by atoms with van der Waals surface area (Å²) in [5.41, 5.74) is 0.403. The van der Waals surface area contributed by atoms with Gasteiger partial charge in [-0.1, -0.05) is 20.8 Å². The molecule has 15 heavy (non-hydrogen) atoms. The van der Waals surface area contributed by atoms with E-state index in [0.717, 1.165) is 38.5 Å². The molecule has 88 valence electrons. The van der Waals surface area contributed by atoms with Gasteiger partial charge < -0.3 is 5.11 Å². The summed E-state index contributed by atoms with van der Waals surface area (Å²) in [6.07, 6.45) is 3.87. The van der Waals surface area contributed by atoms with E-state index in [1.54, 1.807) is 0 Å². The van der Waals surface area contributed by atoms with Crippen LogP contribution in [0.25, 0.3) is 0 Å². The first kappa shape index (κ1) is 14.1. The first-order valence-corrected chi connectivity index (χ1v) is 5.44. The summed E-state index contributed by atoms with van der Waals surface area (Å²) in [6.45, 7) is 7.90. The Morgan fingerprint density at radius 2 is 1.60 bits per heavy atom. The Kier molecular flexibility index (Phi) is 5.55. The largest absolute Gasteiger partial charge is 0.481 e. The van der Waals surface area contributed by atoms with E-state index in [2.05, 4.69) is 20.8 Å². The van der Waals surface area contributed by atoms with Crippen LogP contribution in [0, 0.1) is 11.3 Å². The van der Waals surface area contributed by atoms with Gasteiger partial charge >= 0.3 is 0 Å². The Hall–Kier alpha value is -0.860. The summed E-state index contributed by atoms with van der Waals surface area (Å²) < 4.78 is 0. The number of carbonyl (C=O) groups is 2. The maximum absolute atomic E-state index is 10.9. The summed E-state index contributed by atoms with van der Waals surface area (Å²) >= 11 is 0. The molecule has 3 nitrogen and oxygen atoms in total. The molecule has 0 bridgehead atoms. The second-order valence-electron chi connectivity index (χ2n) is 5.20. The average molecular weight is 214 g/mol. The smallest absolute Gasteiger partial charge is 0.300 e. The summed E-state index contributed by atoms with van der Waals surface area (Å²) in [5, 5.41) is 7.42. The van der Waals surface area contributed by atoms with E-state index < -0.39 is 5.97 Å². The Labute approximate surface area is 91.9 Å². The lowest BCUT2D eigenvalue weighted by Crippen LogP contribution is -2.25.